The molecule has 0 aliphatic carbocycles. The maximum atomic E-state index is 12.0. The van der Waals surface area contributed by atoms with Crippen LogP contribution in [0.3, 0.4) is 0 Å². The summed E-state index contributed by atoms with van der Waals surface area (Å²) in [7, 11) is 1.52. The molecule has 0 aromatic heterocycles. The predicted octanol–water partition coefficient (Wildman–Crippen LogP) is 2.26. The summed E-state index contributed by atoms with van der Waals surface area (Å²) in [5, 5.41) is 1.91. The van der Waals surface area contributed by atoms with Gasteiger partial charge in [-0.1, -0.05) is 19.9 Å². The molecule has 1 rings (SSSR count). The van der Waals surface area contributed by atoms with E-state index >= 15 is 0 Å². The Balaban J connectivity index is 2.84. The van der Waals surface area contributed by atoms with Crippen LogP contribution >= 0.6 is 0 Å². The minimum absolute atomic E-state index is 0.00483. The molecule has 1 atom stereocenters. The average Bonchev–Trinajstić information content (AvgIpc) is 2.57. The summed E-state index contributed by atoms with van der Waals surface area (Å²) < 4.78 is 16.0. The number of imide groups is 1. The highest BCUT2D eigenvalue weighted by atomic mass is 16.5. The molecule has 0 aliphatic heterocycles. The number of ether oxygens (including phenoxy) is 3. The quantitative estimate of drug-likeness (QED) is 0.529. The molecule has 0 spiro atoms. The third-order valence-corrected chi connectivity index (χ3v) is 3.32. The van der Waals surface area contributed by atoms with Gasteiger partial charge in [0.2, 0.25) is 0 Å². The van der Waals surface area contributed by atoms with Crippen LogP contribution in [0.15, 0.2) is 24.3 Å². The van der Waals surface area contributed by atoms with Crippen LogP contribution in [-0.2, 0) is 14.3 Å². The van der Waals surface area contributed by atoms with Crippen LogP contribution in [0.2, 0.25) is 0 Å². The van der Waals surface area contributed by atoms with Crippen molar-refractivity contribution in [1.29, 1.82) is 0 Å². The summed E-state index contributed by atoms with van der Waals surface area (Å²) in [5.41, 5.74) is 5.60. The van der Waals surface area contributed by atoms with E-state index in [1.54, 1.807) is 32.0 Å². The van der Waals surface area contributed by atoms with Gasteiger partial charge in [-0.15, -0.1) is 0 Å². The predicted molar refractivity (Wildman–Crippen MR) is 100 cm³/mol. The van der Waals surface area contributed by atoms with Crippen molar-refractivity contribution in [3.8, 4) is 11.5 Å². The molecular formula is C19H26N2O6. The summed E-state index contributed by atoms with van der Waals surface area (Å²) in [4.78, 5) is 34.7. The molecule has 0 unspecified atom stereocenters. The van der Waals surface area contributed by atoms with Gasteiger partial charge in [0.05, 0.1) is 13.2 Å². The lowest BCUT2D eigenvalue weighted by molar-refractivity contribution is -0.153. The molecular weight excluding hydrogens is 352 g/mol. The molecule has 3 N–H and O–H groups in total. The van der Waals surface area contributed by atoms with Gasteiger partial charge in [-0.2, -0.15) is 0 Å². The first kappa shape index (κ1) is 22.0. The zero-order valence-electron chi connectivity index (χ0n) is 16.1. The summed E-state index contributed by atoms with van der Waals surface area (Å²) in [6, 6.07) is 4.19. The molecule has 148 valence electrons. The van der Waals surface area contributed by atoms with Crippen LogP contribution in [0.4, 0.5) is 4.79 Å². The highest BCUT2D eigenvalue weighted by Crippen LogP contribution is 2.29. The molecule has 8 heteroatoms. The molecule has 0 heterocycles. The topological polar surface area (TPSA) is 117 Å². The van der Waals surface area contributed by atoms with Gasteiger partial charge in [0.25, 0.3) is 5.91 Å². The standard InChI is InChI=1S/C19H26N2O6/c1-11(2)17(18(23)21-19(20)24)27-16(22)9-7-13-6-8-14(26-12(3)4)15(10-13)25-5/h6-12,17H,1-5H3,(H3,20,21,23,24)/b9-7+/t17-/m1/s1. The minimum Gasteiger partial charge on any atom is -0.493 e. The molecule has 0 fully saturated rings. The first-order valence-corrected chi connectivity index (χ1v) is 8.47. The first-order chi connectivity index (χ1) is 12.6. The number of carbonyl (C=O) groups is 3. The third kappa shape index (κ3) is 7.39. The SMILES string of the molecule is COc1cc(/C=C/C(=O)O[C@@H](C(=O)NC(N)=O)C(C)C)ccc1OC(C)C. The van der Waals surface area contributed by atoms with Gasteiger partial charge < -0.3 is 19.9 Å². The lowest BCUT2D eigenvalue weighted by Gasteiger charge is -2.18. The fourth-order valence-corrected chi connectivity index (χ4v) is 2.15. The monoisotopic (exact) mass is 378 g/mol. The maximum absolute atomic E-state index is 12.0. The van der Waals surface area contributed by atoms with Crippen molar-refractivity contribution < 1.29 is 28.6 Å². The van der Waals surface area contributed by atoms with Crippen LogP contribution in [-0.4, -0.2) is 37.2 Å². The number of amides is 3. The number of hydrogen-bond acceptors (Lipinski definition) is 6. The summed E-state index contributed by atoms with van der Waals surface area (Å²) in [5.74, 6) is -0.713. The highest BCUT2D eigenvalue weighted by molar-refractivity contribution is 5.97. The zero-order chi connectivity index (χ0) is 20.6. The molecule has 27 heavy (non-hydrogen) atoms. The van der Waals surface area contributed by atoms with E-state index < -0.39 is 24.0 Å². The molecule has 1 aromatic carbocycles. The summed E-state index contributed by atoms with van der Waals surface area (Å²) >= 11 is 0. The van der Waals surface area contributed by atoms with Crippen LogP contribution in [0.25, 0.3) is 6.08 Å². The number of hydrogen-bond donors (Lipinski definition) is 2. The Kier molecular flexibility index (Phi) is 8.32. The maximum Gasteiger partial charge on any atom is 0.331 e. The normalized spacial score (nSPS) is 12.1. The minimum atomic E-state index is -1.13. The fraction of sp³-hybridized carbons (Fsp3) is 0.421. The van der Waals surface area contributed by atoms with Gasteiger partial charge in [-0.3, -0.25) is 10.1 Å². The Labute approximate surface area is 158 Å². The molecule has 0 saturated heterocycles. The van der Waals surface area contributed by atoms with Crippen molar-refractivity contribution in [1.82, 2.24) is 5.32 Å². The van der Waals surface area contributed by atoms with Gasteiger partial charge in [0.1, 0.15) is 0 Å². The van der Waals surface area contributed by atoms with E-state index in [9.17, 15) is 14.4 Å². The first-order valence-electron chi connectivity index (χ1n) is 8.47. The number of rotatable bonds is 8. The van der Waals surface area contributed by atoms with E-state index in [4.69, 9.17) is 19.9 Å². The van der Waals surface area contributed by atoms with Crippen molar-refractivity contribution in [2.75, 3.05) is 7.11 Å². The number of primary amides is 1. The lowest BCUT2D eigenvalue weighted by atomic mass is 10.1. The largest absolute Gasteiger partial charge is 0.493 e. The smallest absolute Gasteiger partial charge is 0.331 e. The molecule has 3 amide bonds. The van der Waals surface area contributed by atoms with Crippen LogP contribution in [0.5, 0.6) is 11.5 Å². The lowest BCUT2D eigenvalue weighted by Crippen LogP contribution is -2.45. The Morgan fingerprint density at radius 1 is 1.11 bits per heavy atom. The third-order valence-electron chi connectivity index (χ3n) is 3.32. The van der Waals surface area contributed by atoms with E-state index in [0.29, 0.717) is 17.1 Å². The Hall–Kier alpha value is -3.03. The molecule has 0 saturated carbocycles. The highest BCUT2D eigenvalue weighted by Gasteiger charge is 2.26. The van der Waals surface area contributed by atoms with Crippen molar-refractivity contribution in [2.24, 2.45) is 11.7 Å². The van der Waals surface area contributed by atoms with Crippen LogP contribution in [0, 0.1) is 5.92 Å². The molecule has 0 radical (unpaired) electrons. The van der Waals surface area contributed by atoms with Gasteiger partial charge in [-0.05, 0) is 43.5 Å². The number of carbonyl (C=O) groups excluding carboxylic acids is 3. The van der Waals surface area contributed by atoms with Crippen molar-refractivity contribution in [3.63, 3.8) is 0 Å². The number of nitrogens with one attached hydrogen (secondary N) is 1. The second-order valence-corrected chi connectivity index (χ2v) is 6.37. The number of benzene rings is 1. The van der Waals surface area contributed by atoms with E-state index in [2.05, 4.69) is 0 Å². The zero-order valence-corrected chi connectivity index (χ0v) is 16.1. The van der Waals surface area contributed by atoms with Crippen LogP contribution < -0.4 is 20.5 Å². The molecule has 0 aliphatic rings. The summed E-state index contributed by atoms with van der Waals surface area (Å²) in [6.45, 7) is 7.17. The van der Waals surface area contributed by atoms with Crippen molar-refractivity contribution in [2.45, 2.75) is 39.9 Å². The fourth-order valence-electron chi connectivity index (χ4n) is 2.15. The van der Waals surface area contributed by atoms with Gasteiger partial charge >= 0.3 is 12.0 Å². The number of nitrogens with two attached hydrogens (primary N) is 1. The summed E-state index contributed by atoms with van der Waals surface area (Å²) in [6.07, 6.45) is 1.57. The van der Waals surface area contributed by atoms with Crippen molar-refractivity contribution in [3.05, 3.63) is 29.8 Å². The van der Waals surface area contributed by atoms with Gasteiger partial charge in [0.15, 0.2) is 17.6 Å². The number of esters is 1. The Morgan fingerprint density at radius 2 is 1.78 bits per heavy atom. The van der Waals surface area contributed by atoms with Crippen molar-refractivity contribution >= 4 is 24.0 Å². The van der Waals surface area contributed by atoms with Crippen LogP contribution in [0.1, 0.15) is 33.3 Å². The Bertz CT molecular complexity index is 712. The number of urea groups is 1. The Morgan fingerprint density at radius 3 is 2.30 bits per heavy atom. The second kappa shape index (κ2) is 10.2. The molecule has 1 aromatic rings. The molecule has 0 bridgehead atoms. The van der Waals surface area contributed by atoms with E-state index in [0.717, 1.165) is 0 Å². The number of methoxy groups -OCH3 is 1. The van der Waals surface area contributed by atoms with E-state index in [1.807, 2.05) is 19.2 Å². The van der Waals surface area contributed by atoms with Gasteiger partial charge in [-0.25, -0.2) is 9.59 Å². The average molecular weight is 378 g/mol. The second-order valence-electron chi connectivity index (χ2n) is 6.37. The molecule has 8 nitrogen and oxygen atoms in total. The van der Waals surface area contributed by atoms with Gasteiger partial charge in [0, 0.05) is 6.08 Å². The van der Waals surface area contributed by atoms with E-state index in [-0.39, 0.29) is 12.0 Å². The van der Waals surface area contributed by atoms with E-state index in [1.165, 1.54) is 19.3 Å².